The maximum Gasteiger partial charge on any atom is 0.421 e. The molecule has 120 heavy (non-hydrogen) atoms. The summed E-state index contributed by atoms with van der Waals surface area (Å²) in [6, 6.07) is 33.5. The van der Waals surface area contributed by atoms with E-state index in [1.165, 1.54) is 198 Å². The molecule has 1 aliphatic heterocycles. The van der Waals surface area contributed by atoms with Gasteiger partial charge in [0, 0.05) is 55.8 Å². The van der Waals surface area contributed by atoms with E-state index in [-0.39, 0.29) is 87.4 Å². The van der Waals surface area contributed by atoms with Gasteiger partial charge in [-0.15, -0.1) is 0 Å². The summed E-state index contributed by atoms with van der Waals surface area (Å²) in [5.74, 6) is -7.54. The number of ketones is 5. The van der Waals surface area contributed by atoms with E-state index in [0.29, 0.717) is 86.8 Å². The summed E-state index contributed by atoms with van der Waals surface area (Å²) in [7, 11) is 7.25. The lowest BCUT2D eigenvalue weighted by Gasteiger charge is -2.17. The molecule has 6 aromatic carbocycles. The highest BCUT2D eigenvalue weighted by Gasteiger charge is 2.29. The lowest BCUT2D eigenvalue weighted by atomic mass is 9.96. The first-order valence-corrected chi connectivity index (χ1v) is 39.7. The molecule has 3 N–H and O–H groups in total. The van der Waals surface area contributed by atoms with Gasteiger partial charge in [0.2, 0.25) is 0 Å². The van der Waals surface area contributed by atoms with Crippen LogP contribution in [0.3, 0.4) is 0 Å². The number of primary amides is 1. The molecule has 0 spiro atoms. The molecule has 10 rings (SSSR count). The molecular weight excluding hydrogens is 1670 g/mol. The zero-order chi connectivity index (χ0) is 91.5. The van der Waals surface area contributed by atoms with E-state index in [1.807, 2.05) is 0 Å². The second-order valence-corrected chi connectivity index (χ2v) is 31.8. The van der Waals surface area contributed by atoms with Crippen LogP contribution < -0.4 is 33.0 Å². The highest BCUT2D eigenvalue weighted by Crippen LogP contribution is 2.61. The largest absolute Gasteiger partial charge is 0.506 e. The number of carbonyl (C=O) groups is 10. The van der Waals surface area contributed by atoms with Crippen molar-refractivity contribution in [1.29, 1.82) is 0 Å². The fourth-order valence-corrected chi connectivity index (χ4v) is 10.5. The van der Waals surface area contributed by atoms with Crippen LogP contribution in [0, 0.1) is 55.7 Å². The molecule has 1 unspecified atom stereocenters. The minimum Gasteiger partial charge on any atom is -0.506 e. The molecule has 0 saturated heterocycles. The van der Waals surface area contributed by atoms with Gasteiger partial charge >= 0.3 is 46.6 Å². The van der Waals surface area contributed by atoms with E-state index in [1.54, 1.807) is 72.9 Å². The Balaban J connectivity index is 0.000000470. The number of aromatic hydroxyl groups is 1. The molecule has 0 fully saturated rings. The van der Waals surface area contributed by atoms with E-state index in [0.717, 1.165) is 5.56 Å². The fraction of sp³-hybridized carbons (Fsp3) is 0.262. The average Bonchev–Trinajstić information content (AvgIpc) is 0.773. The molecule has 9 aromatic rings. The molecule has 26 nitrogen and oxygen atoms in total. The van der Waals surface area contributed by atoms with Gasteiger partial charge in [-0.25, -0.2) is 45.5 Å². The highest BCUT2D eigenvalue weighted by molar-refractivity contribution is 8.24. The number of ether oxygens (including phenoxy) is 5. The number of aromatic nitrogens is 3. The number of carbonyl (C=O) groups excluding carboxylic acids is 10. The number of benzene rings is 6. The molecule has 36 heteroatoms. The standard InChI is InChI=1S/C16H16FNO3.C15H14FNO3.C12H10FNO3.C12H9FO3.C11H11FO3.C9H9FO.C6H10O3.C3H7NO2.Cl3OP/c1-9-13(11-5-7-12(17)8-6-11)15(21-4)14(10(2)19)16(20)18(9)3;1-8-12(10-4-6-11(16)7-5-10)14(19)13(9(2)18)15(20)17(8)3;1-7-10(8-3-5-9(13)6-4-8)11(15)17-12(16)14(7)2;1-7-6-10(14)16-12(15)11(7)8-2-4-9(13)5-3-8;1-7(13)10(11(14)15-2)8-3-5-9(12)6-4-8;1-7(11)6-8-2-4-9(10)5-3-8;1-3-9-6(8)4-5(2)7;1-2-6-3(4)5;1-5(2,3)4/h5-8H,1-4H3;4-7,19H,1-3H3;3-6H,1-2H3;2-5H,6H2,1H3;3-6,10H,1-2H3;2-5H,6H2,1H3;3-4H2,1-2H3;2H2,1H3,(H2,4,5);. The fourth-order valence-electron chi connectivity index (χ4n) is 10.5. The van der Waals surface area contributed by atoms with Gasteiger partial charge in [-0.3, -0.25) is 57.1 Å². The Kier molecular flexibility index (Phi) is 43.0. The lowest BCUT2D eigenvalue weighted by Crippen LogP contribution is -2.27. The number of hydrogen-bond acceptors (Lipinski definition) is 22. The normalized spacial score (nSPS) is 11.2. The Labute approximate surface area is 698 Å². The first kappa shape index (κ1) is 104. The van der Waals surface area contributed by atoms with Crippen molar-refractivity contribution in [3.05, 3.63) is 273 Å². The first-order valence-electron chi connectivity index (χ1n) is 35.2. The molecule has 0 bridgehead atoms. The quantitative estimate of drug-likeness (QED) is 0.0226. The van der Waals surface area contributed by atoms with Crippen LogP contribution in [-0.2, 0) is 84.6 Å². The average molecular weight is 1750 g/mol. The predicted molar refractivity (Wildman–Crippen MR) is 438 cm³/mol. The van der Waals surface area contributed by atoms with Gasteiger partial charge in [0.25, 0.3) is 11.1 Å². The number of pyridine rings is 2. The zero-order valence-corrected chi connectivity index (χ0v) is 70.9. The van der Waals surface area contributed by atoms with Gasteiger partial charge < -0.3 is 48.1 Å². The predicted octanol–water partition coefficient (Wildman–Crippen LogP) is 15.7. The van der Waals surface area contributed by atoms with Crippen molar-refractivity contribution in [2.24, 2.45) is 26.9 Å². The van der Waals surface area contributed by atoms with Gasteiger partial charge in [-0.2, -0.15) is 0 Å². The van der Waals surface area contributed by atoms with Crippen molar-refractivity contribution in [2.75, 3.05) is 27.4 Å². The van der Waals surface area contributed by atoms with E-state index < -0.39 is 81.0 Å². The number of cyclic esters (lactones) is 2. The van der Waals surface area contributed by atoms with Crippen molar-refractivity contribution in [3.8, 4) is 44.9 Å². The lowest BCUT2D eigenvalue weighted by molar-refractivity contribution is -0.156. The van der Waals surface area contributed by atoms with Crippen molar-refractivity contribution in [2.45, 2.75) is 101 Å². The van der Waals surface area contributed by atoms with Crippen LogP contribution in [-0.4, -0.2) is 105 Å². The molecular formula is C84H86Cl3F6N4O22P. The van der Waals surface area contributed by atoms with Crippen molar-refractivity contribution in [1.82, 2.24) is 13.7 Å². The molecule has 3 aromatic heterocycles. The molecule has 1 amide bonds. The molecule has 642 valence electrons. The van der Waals surface area contributed by atoms with Gasteiger partial charge in [-0.05, 0) is 222 Å². The number of nitrogens with zero attached hydrogens (tertiary/aromatic N) is 3. The second-order valence-electron chi connectivity index (χ2n) is 25.1. The number of hydrogen-bond donors (Lipinski definition) is 2. The summed E-state index contributed by atoms with van der Waals surface area (Å²) >= 11 is 13.8. The Morgan fingerprint density at radius 3 is 1.24 bits per heavy atom. The second kappa shape index (κ2) is 49.8. The smallest absolute Gasteiger partial charge is 0.421 e. The monoisotopic (exact) mass is 1750 g/mol. The minimum absolute atomic E-state index is 0.00456. The van der Waals surface area contributed by atoms with Gasteiger partial charge in [-0.1, -0.05) is 72.8 Å². The van der Waals surface area contributed by atoms with Crippen molar-refractivity contribution >= 4 is 103 Å². The summed E-state index contributed by atoms with van der Waals surface area (Å²) < 4.78 is 118. The minimum atomic E-state index is -3.22. The van der Waals surface area contributed by atoms with Gasteiger partial charge in [0.05, 0.1) is 45.0 Å². The van der Waals surface area contributed by atoms with Crippen LogP contribution in [0.5, 0.6) is 11.5 Å². The SMILES string of the molecule is CC(=O)Cc1ccc(F)cc1.CC(=O)c1c(O)c(-c2ccc(F)cc2)c(C)n(C)c1=O.CC1=C(c2ccc(F)cc2)C(=O)OC(=O)C1.CCOC(=O)CC(C)=O.CCOC(N)=O.COC(=O)C(C(C)=O)c1ccc(F)cc1.COc1c(-c2ccc(F)cc2)c(C)n(C)c(=O)c1C(C)=O.Cc1c(-c2ccc(F)cc2)c(=O)oc(=O)n1C.O=P(Cl)(Cl)Cl. The summed E-state index contributed by atoms with van der Waals surface area (Å²) in [6.07, 6.45) is -0.329. The van der Waals surface area contributed by atoms with Crippen LogP contribution in [0.4, 0.5) is 31.1 Å². The molecule has 4 heterocycles. The summed E-state index contributed by atoms with van der Waals surface area (Å²) in [5.41, 5.74) is 10.1. The van der Waals surface area contributed by atoms with Crippen molar-refractivity contribution < 1.29 is 112 Å². The summed E-state index contributed by atoms with van der Waals surface area (Å²) in [4.78, 5) is 156. The van der Waals surface area contributed by atoms with Crippen LogP contribution in [0.15, 0.2) is 175 Å². The number of rotatable bonds is 16. The number of esters is 4. The maximum absolute atomic E-state index is 13.1. The van der Waals surface area contributed by atoms with Gasteiger partial charge in [0.1, 0.15) is 87.2 Å². The third-order valence-electron chi connectivity index (χ3n) is 16.3. The highest BCUT2D eigenvalue weighted by atomic mass is 36.0. The number of halogens is 9. The van der Waals surface area contributed by atoms with E-state index in [9.17, 15) is 103 Å². The molecule has 1 atom stereocenters. The van der Waals surface area contributed by atoms with Crippen LogP contribution in [0.2, 0.25) is 0 Å². The molecule has 0 aliphatic carbocycles. The third-order valence-corrected chi connectivity index (χ3v) is 16.3. The van der Waals surface area contributed by atoms with Crippen LogP contribution >= 0.6 is 38.9 Å². The number of methoxy groups -OCH3 is 2. The zero-order valence-electron chi connectivity index (χ0n) is 67.8. The number of Topliss-reactive ketones (excluding diaryl/α,β-unsaturated/α-hetero) is 5. The Hall–Kier alpha value is -12.4. The topological polar surface area (TPSA) is 376 Å². The van der Waals surface area contributed by atoms with Crippen LogP contribution in [0.1, 0.15) is 129 Å². The van der Waals surface area contributed by atoms with E-state index in [4.69, 9.17) is 4.74 Å². The molecule has 0 radical (unpaired) electrons. The van der Waals surface area contributed by atoms with E-state index in [2.05, 4.69) is 62.8 Å². The summed E-state index contributed by atoms with van der Waals surface area (Å²) in [5, 5.41) is 7.02. The van der Waals surface area contributed by atoms with E-state index >= 15 is 0 Å². The Morgan fingerprint density at radius 1 is 0.525 bits per heavy atom. The Morgan fingerprint density at radius 2 is 0.892 bits per heavy atom. The molecule has 1 aliphatic rings. The maximum atomic E-state index is 13.1. The summed E-state index contributed by atoms with van der Waals surface area (Å²) in [6.45, 7) is 17.6. The van der Waals surface area contributed by atoms with Crippen LogP contribution in [0.25, 0.3) is 39.0 Å². The first-order chi connectivity index (χ1) is 56.0. The van der Waals surface area contributed by atoms with Crippen molar-refractivity contribution in [3.63, 3.8) is 0 Å². The molecule has 0 saturated carbocycles. The number of nitrogens with two attached hydrogens (primary N) is 1. The Bertz CT molecular complexity index is 5490. The van der Waals surface area contributed by atoms with Gasteiger partial charge in [0.15, 0.2) is 11.6 Å². The third kappa shape index (κ3) is 33.6. The number of amides is 1.